The lowest BCUT2D eigenvalue weighted by Crippen LogP contribution is -2.32. The fourth-order valence-electron chi connectivity index (χ4n) is 3.55. The van der Waals surface area contributed by atoms with E-state index >= 15 is 0 Å². The Morgan fingerprint density at radius 1 is 0.933 bits per heavy atom. The van der Waals surface area contributed by atoms with E-state index in [1.807, 2.05) is 60.7 Å². The molecule has 0 heterocycles. The zero-order chi connectivity index (χ0) is 21.3. The molecule has 0 aliphatic rings. The molecule has 3 rings (SSSR count). The summed E-state index contributed by atoms with van der Waals surface area (Å²) < 4.78 is 0. The van der Waals surface area contributed by atoms with Crippen molar-refractivity contribution in [3.63, 3.8) is 0 Å². The number of carboxylic acid groups (broad SMARTS) is 1. The molecule has 0 saturated carbocycles. The number of rotatable bonds is 10. The van der Waals surface area contributed by atoms with Crippen LogP contribution in [0.15, 0.2) is 84.9 Å². The summed E-state index contributed by atoms with van der Waals surface area (Å²) >= 11 is 0. The number of nitro benzene ring substituents is 1. The summed E-state index contributed by atoms with van der Waals surface area (Å²) in [5.74, 6) is -0.940. The molecule has 1 atom stereocenters. The minimum Gasteiger partial charge on any atom is -0.481 e. The van der Waals surface area contributed by atoms with Gasteiger partial charge in [0.15, 0.2) is 0 Å². The van der Waals surface area contributed by atoms with Crippen LogP contribution in [0.4, 0.5) is 5.69 Å². The number of aliphatic carboxylic acids is 1. The van der Waals surface area contributed by atoms with Crippen molar-refractivity contribution in [3.05, 3.63) is 112 Å². The second kappa shape index (κ2) is 10.3. The number of non-ortho nitro benzene ring substituents is 1. The van der Waals surface area contributed by atoms with Crippen molar-refractivity contribution in [1.29, 1.82) is 0 Å². The highest BCUT2D eigenvalue weighted by Gasteiger charge is 2.25. The average molecular weight is 404 g/mol. The summed E-state index contributed by atoms with van der Waals surface area (Å²) in [5.41, 5.74) is 2.82. The van der Waals surface area contributed by atoms with Crippen LogP contribution in [0.5, 0.6) is 0 Å². The predicted octanol–water partition coefficient (Wildman–Crippen LogP) is 4.86. The Hall–Kier alpha value is -3.51. The van der Waals surface area contributed by atoms with Gasteiger partial charge in [-0.3, -0.25) is 19.8 Å². The molecule has 0 unspecified atom stereocenters. The SMILES string of the molecule is O=C(O)C[C@@H](c1cccc([N+](=O)[O-])c1)N(CCc1ccccc1)Cc1ccccc1. The van der Waals surface area contributed by atoms with Crippen molar-refractivity contribution in [1.82, 2.24) is 4.90 Å². The van der Waals surface area contributed by atoms with Gasteiger partial charge in [-0.1, -0.05) is 72.8 Å². The molecule has 3 aromatic carbocycles. The van der Waals surface area contributed by atoms with Crippen LogP contribution in [0.25, 0.3) is 0 Å². The topological polar surface area (TPSA) is 83.7 Å². The van der Waals surface area contributed by atoms with Crippen molar-refractivity contribution in [2.24, 2.45) is 0 Å². The summed E-state index contributed by atoms with van der Waals surface area (Å²) in [6.45, 7) is 1.17. The van der Waals surface area contributed by atoms with Gasteiger partial charge >= 0.3 is 5.97 Å². The van der Waals surface area contributed by atoms with E-state index < -0.39 is 16.9 Å². The van der Waals surface area contributed by atoms with E-state index in [4.69, 9.17) is 0 Å². The van der Waals surface area contributed by atoms with E-state index in [0.717, 1.165) is 17.5 Å². The van der Waals surface area contributed by atoms with Crippen LogP contribution in [0, 0.1) is 10.1 Å². The summed E-state index contributed by atoms with van der Waals surface area (Å²) in [7, 11) is 0. The van der Waals surface area contributed by atoms with Gasteiger partial charge in [-0.25, -0.2) is 0 Å². The molecule has 6 nitrogen and oxygen atoms in total. The third kappa shape index (κ3) is 5.99. The Morgan fingerprint density at radius 2 is 1.57 bits per heavy atom. The minimum absolute atomic E-state index is 0.0365. The molecule has 0 spiro atoms. The molecule has 3 aromatic rings. The molecular formula is C24H24N2O4. The summed E-state index contributed by atoms with van der Waals surface area (Å²) in [6.07, 6.45) is 0.613. The van der Waals surface area contributed by atoms with Gasteiger partial charge in [0.25, 0.3) is 5.69 Å². The number of hydrogen-bond acceptors (Lipinski definition) is 4. The first-order chi connectivity index (χ1) is 14.5. The normalized spacial score (nSPS) is 11.9. The van der Waals surface area contributed by atoms with Crippen molar-refractivity contribution < 1.29 is 14.8 Å². The van der Waals surface area contributed by atoms with Crippen LogP contribution >= 0.6 is 0 Å². The highest BCUT2D eigenvalue weighted by Crippen LogP contribution is 2.29. The van der Waals surface area contributed by atoms with Gasteiger partial charge in [0.05, 0.1) is 11.3 Å². The van der Waals surface area contributed by atoms with Gasteiger partial charge in [-0.05, 0) is 23.1 Å². The van der Waals surface area contributed by atoms with Gasteiger partial charge in [-0.15, -0.1) is 0 Å². The molecule has 0 fully saturated rings. The Kier molecular flexibility index (Phi) is 7.29. The number of carboxylic acids is 1. The minimum atomic E-state index is -0.940. The molecule has 30 heavy (non-hydrogen) atoms. The van der Waals surface area contributed by atoms with Gasteiger partial charge in [-0.2, -0.15) is 0 Å². The summed E-state index contributed by atoms with van der Waals surface area (Å²) in [5, 5.41) is 20.8. The van der Waals surface area contributed by atoms with Crippen LogP contribution in [-0.2, 0) is 17.8 Å². The molecule has 0 amide bonds. The molecule has 0 aliphatic carbocycles. The number of nitrogens with zero attached hydrogens (tertiary/aromatic N) is 2. The molecular weight excluding hydrogens is 380 g/mol. The average Bonchev–Trinajstić information content (AvgIpc) is 2.76. The maximum Gasteiger partial charge on any atom is 0.305 e. The van der Waals surface area contributed by atoms with Crippen LogP contribution in [0.1, 0.15) is 29.2 Å². The van der Waals surface area contributed by atoms with Gasteiger partial charge in [0.2, 0.25) is 0 Å². The van der Waals surface area contributed by atoms with E-state index in [2.05, 4.69) is 4.90 Å². The highest BCUT2D eigenvalue weighted by atomic mass is 16.6. The number of nitro groups is 1. The maximum atomic E-state index is 11.7. The van der Waals surface area contributed by atoms with Crippen molar-refractivity contribution in [3.8, 4) is 0 Å². The van der Waals surface area contributed by atoms with Crippen molar-refractivity contribution in [2.75, 3.05) is 6.54 Å². The standard InChI is InChI=1S/C24H24N2O4/c27-24(28)17-23(21-12-7-13-22(16-21)26(29)30)25(18-20-10-5-2-6-11-20)15-14-19-8-3-1-4-9-19/h1-13,16,23H,14-15,17-18H2,(H,27,28)/t23-/m0/s1. The first kappa shape index (κ1) is 21.2. The summed E-state index contributed by atoms with van der Waals surface area (Å²) in [6, 6.07) is 25.6. The quantitative estimate of drug-likeness (QED) is 0.385. The Labute approximate surface area is 175 Å². The smallest absolute Gasteiger partial charge is 0.305 e. The number of carbonyl (C=O) groups is 1. The first-order valence-corrected chi connectivity index (χ1v) is 9.81. The maximum absolute atomic E-state index is 11.7. The van der Waals surface area contributed by atoms with Gasteiger partial charge < -0.3 is 5.11 Å². The third-order valence-electron chi connectivity index (χ3n) is 5.03. The van der Waals surface area contributed by atoms with Crippen LogP contribution in [0.2, 0.25) is 0 Å². The predicted molar refractivity (Wildman–Crippen MR) is 115 cm³/mol. The van der Waals surface area contributed by atoms with Gasteiger partial charge in [0, 0.05) is 31.3 Å². The fourth-order valence-corrected chi connectivity index (χ4v) is 3.55. The zero-order valence-electron chi connectivity index (χ0n) is 16.6. The molecule has 0 bridgehead atoms. The molecule has 0 aliphatic heterocycles. The Bertz CT molecular complexity index is 977. The van der Waals surface area contributed by atoms with E-state index in [9.17, 15) is 20.0 Å². The van der Waals surface area contributed by atoms with Gasteiger partial charge in [0.1, 0.15) is 0 Å². The first-order valence-electron chi connectivity index (χ1n) is 9.81. The molecule has 0 radical (unpaired) electrons. The third-order valence-corrected chi connectivity index (χ3v) is 5.03. The molecule has 0 aromatic heterocycles. The second-order valence-electron chi connectivity index (χ2n) is 7.16. The molecule has 6 heteroatoms. The molecule has 154 valence electrons. The van der Waals surface area contributed by atoms with Crippen molar-refractivity contribution >= 4 is 11.7 Å². The van der Waals surface area contributed by atoms with E-state index in [1.165, 1.54) is 12.1 Å². The zero-order valence-corrected chi connectivity index (χ0v) is 16.6. The largest absolute Gasteiger partial charge is 0.481 e. The lowest BCUT2D eigenvalue weighted by atomic mass is 9.99. The molecule has 1 N–H and O–H groups in total. The Morgan fingerprint density at radius 3 is 2.17 bits per heavy atom. The van der Waals surface area contributed by atoms with Crippen LogP contribution in [0.3, 0.4) is 0 Å². The van der Waals surface area contributed by atoms with E-state index in [0.29, 0.717) is 18.7 Å². The molecule has 0 saturated heterocycles. The van der Waals surface area contributed by atoms with Crippen LogP contribution in [-0.4, -0.2) is 27.4 Å². The number of hydrogen-bond donors (Lipinski definition) is 1. The fraction of sp³-hybridized carbons (Fsp3) is 0.208. The lowest BCUT2D eigenvalue weighted by Gasteiger charge is -2.31. The monoisotopic (exact) mass is 404 g/mol. The summed E-state index contributed by atoms with van der Waals surface area (Å²) in [4.78, 5) is 24.6. The highest BCUT2D eigenvalue weighted by molar-refractivity contribution is 5.68. The number of benzene rings is 3. The lowest BCUT2D eigenvalue weighted by molar-refractivity contribution is -0.385. The van der Waals surface area contributed by atoms with Crippen LogP contribution < -0.4 is 0 Å². The van der Waals surface area contributed by atoms with Crippen molar-refractivity contribution in [2.45, 2.75) is 25.4 Å². The van der Waals surface area contributed by atoms with E-state index in [1.54, 1.807) is 12.1 Å². The van der Waals surface area contributed by atoms with E-state index in [-0.39, 0.29) is 12.1 Å². The Balaban J connectivity index is 1.93. The second-order valence-corrected chi connectivity index (χ2v) is 7.16.